The number of benzene rings is 3. The maximum atomic E-state index is 13.3. The van der Waals surface area contributed by atoms with Gasteiger partial charge in [0.05, 0.1) is 0 Å². The first-order chi connectivity index (χ1) is 15.0. The summed E-state index contributed by atoms with van der Waals surface area (Å²) in [7, 11) is 0. The number of carboxylic acid groups (broad SMARTS) is 1. The zero-order valence-electron chi connectivity index (χ0n) is 17.0. The molecule has 0 spiro atoms. The molecular formula is C25H22FNO3S. The smallest absolute Gasteiger partial charge is 0.372 e. The minimum Gasteiger partial charge on any atom is -0.475 e. The minimum atomic E-state index is -1.07. The summed E-state index contributed by atoms with van der Waals surface area (Å²) in [5, 5.41) is 10.1. The molecule has 0 unspecified atom stereocenters. The fraction of sp³-hybridized carbons (Fsp3) is 0.160. The molecule has 3 aromatic carbocycles. The lowest BCUT2D eigenvalue weighted by Gasteiger charge is -2.21. The molecule has 1 aromatic heterocycles. The molecule has 0 bridgehead atoms. The SMILES string of the molecule is Cc1c(C(=O)O)oc2ccc(SN(CCc3ccccc3)Cc3ccc(F)cc3)cc12. The maximum absolute atomic E-state index is 13.3. The van der Waals surface area contributed by atoms with Gasteiger partial charge >= 0.3 is 5.97 Å². The normalized spacial score (nSPS) is 11.3. The summed E-state index contributed by atoms with van der Waals surface area (Å²) >= 11 is 1.60. The first-order valence-corrected chi connectivity index (χ1v) is 10.7. The van der Waals surface area contributed by atoms with Gasteiger partial charge in [0, 0.05) is 28.9 Å². The highest BCUT2D eigenvalue weighted by atomic mass is 32.2. The van der Waals surface area contributed by atoms with Crippen LogP contribution in [0.5, 0.6) is 0 Å². The number of aromatic carboxylic acids is 1. The number of nitrogens with zero attached hydrogens (tertiary/aromatic N) is 1. The highest BCUT2D eigenvalue weighted by Crippen LogP contribution is 2.32. The molecule has 4 aromatic rings. The van der Waals surface area contributed by atoms with Gasteiger partial charge in [0.25, 0.3) is 0 Å². The average molecular weight is 436 g/mol. The standard InChI is InChI=1S/C25H22FNO3S/c1-17-22-15-21(11-12-23(22)30-24(17)25(28)29)31-27(14-13-18-5-3-2-4-6-18)16-19-7-9-20(26)10-8-19/h2-12,15H,13-14,16H2,1H3,(H,28,29). The van der Waals surface area contributed by atoms with E-state index >= 15 is 0 Å². The molecule has 1 heterocycles. The van der Waals surface area contributed by atoms with Gasteiger partial charge in [-0.1, -0.05) is 42.5 Å². The van der Waals surface area contributed by atoms with Crippen LogP contribution in [0.3, 0.4) is 0 Å². The molecule has 0 aliphatic heterocycles. The van der Waals surface area contributed by atoms with Crippen molar-refractivity contribution in [2.24, 2.45) is 0 Å². The van der Waals surface area contributed by atoms with Gasteiger partial charge in [-0.3, -0.25) is 0 Å². The van der Waals surface area contributed by atoms with Crippen molar-refractivity contribution in [1.82, 2.24) is 4.31 Å². The van der Waals surface area contributed by atoms with Crippen LogP contribution in [0.1, 0.15) is 27.2 Å². The Balaban J connectivity index is 1.57. The molecule has 4 rings (SSSR count). The van der Waals surface area contributed by atoms with E-state index in [9.17, 15) is 14.3 Å². The quantitative estimate of drug-likeness (QED) is 0.328. The molecule has 158 valence electrons. The van der Waals surface area contributed by atoms with E-state index in [-0.39, 0.29) is 11.6 Å². The van der Waals surface area contributed by atoms with Gasteiger partial charge < -0.3 is 9.52 Å². The first-order valence-electron chi connectivity index (χ1n) is 9.97. The fourth-order valence-electron chi connectivity index (χ4n) is 3.46. The maximum Gasteiger partial charge on any atom is 0.372 e. The van der Waals surface area contributed by atoms with Crippen molar-refractivity contribution in [2.75, 3.05) is 6.54 Å². The zero-order chi connectivity index (χ0) is 21.8. The van der Waals surface area contributed by atoms with E-state index in [1.54, 1.807) is 31.0 Å². The Bertz CT molecular complexity index is 1190. The van der Waals surface area contributed by atoms with Crippen LogP contribution in [-0.4, -0.2) is 21.9 Å². The second-order valence-corrected chi connectivity index (χ2v) is 8.51. The minimum absolute atomic E-state index is 0.0237. The summed E-state index contributed by atoms with van der Waals surface area (Å²) in [6.45, 7) is 3.21. The van der Waals surface area contributed by atoms with Gasteiger partial charge in [-0.2, -0.15) is 0 Å². The highest BCUT2D eigenvalue weighted by Gasteiger charge is 2.17. The van der Waals surface area contributed by atoms with E-state index < -0.39 is 5.97 Å². The third-order valence-corrected chi connectivity index (χ3v) is 6.14. The lowest BCUT2D eigenvalue weighted by atomic mass is 10.1. The third-order valence-electron chi connectivity index (χ3n) is 5.10. The Morgan fingerprint density at radius 2 is 1.77 bits per heavy atom. The number of carbonyl (C=O) groups is 1. The lowest BCUT2D eigenvalue weighted by Crippen LogP contribution is -2.18. The Labute approximate surface area is 184 Å². The van der Waals surface area contributed by atoms with Crippen LogP contribution < -0.4 is 0 Å². The van der Waals surface area contributed by atoms with Gasteiger partial charge in [0.2, 0.25) is 5.76 Å². The summed E-state index contributed by atoms with van der Waals surface area (Å²) in [5.41, 5.74) is 3.46. The molecule has 31 heavy (non-hydrogen) atoms. The molecule has 4 nitrogen and oxygen atoms in total. The topological polar surface area (TPSA) is 53.7 Å². The van der Waals surface area contributed by atoms with Crippen molar-refractivity contribution in [3.63, 3.8) is 0 Å². The van der Waals surface area contributed by atoms with E-state index in [4.69, 9.17) is 4.42 Å². The van der Waals surface area contributed by atoms with Crippen LogP contribution in [0.25, 0.3) is 11.0 Å². The predicted octanol–water partition coefficient (Wildman–Crippen LogP) is 6.33. The van der Waals surface area contributed by atoms with E-state index in [1.165, 1.54) is 17.7 Å². The van der Waals surface area contributed by atoms with Gasteiger partial charge in [0.1, 0.15) is 11.4 Å². The zero-order valence-corrected chi connectivity index (χ0v) is 17.9. The van der Waals surface area contributed by atoms with E-state index in [1.807, 2.05) is 36.4 Å². The number of rotatable bonds is 8. The van der Waals surface area contributed by atoms with Gasteiger partial charge in [-0.25, -0.2) is 13.5 Å². The predicted molar refractivity (Wildman–Crippen MR) is 121 cm³/mol. The second kappa shape index (κ2) is 9.37. The monoisotopic (exact) mass is 435 g/mol. The summed E-state index contributed by atoms with van der Waals surface area (Å²) < 4.78 is 21.0. The van der Waals surface area contributed by atoms with Crippen molar-refractivity contribution in [3.05, 3.63) is 101 Å². The van der Waals surface area contributed by atoms with Crippen LogP contribution >= 0.6 is 11.9 Å². The first kappa shape index (κ1) is 21.2. The third kappa shape index (κ3) is 5.16. The molecule has 0 amide bonds. The van der Waals surface area contributed by atoms with Crippen LogP contribution in [-0.2, 0) is 13.0 Å². The molecular weight excluding hydrogens is 413 g/mol. The van der Waals surface area contributed by atoms with Crippen molar-refractivity contribution >= 4 is 28.9 Å². The number of hydrogen-bond acceptors (Lipinski definition) is 4. The molecule has 6 heteroatoms. The van der Waals surface area contributed by atoms with Gasteiger partial charge in [-0.15, -0.1) is 0 Å². The van der Waals surface area contributed by atoms with Gasteiger partial charge in [-0.05, 0) is 66.8 Å². The number of carboxylic acids is 1. The molecule has 0 fully saturated rings. The molecule has 0 atom stereocenters. The van der Waals surface area contributed by atoms with Crippen molar-refractivity contribution in [2.45, 2.75) is 24.8 Å². The van der Waals surface area contributed by atoms with E-state index in [2.05, 4.69) is 16.4 Å². The van der Waals surface area contributed by atoms with Crippen LogP contribution in [0.2, 0.25) is 0 Å². The molecule has 0 aliphatic rings. The Hall–Kier alpha value is -3.09. The Morgan fingerprint density at radius 1 is 1.03 bits per heavy atom. The van der Waals surface area contributed by atoms with Crippen molar-refractivity contribution < 1.29 is 18.7 Å². The molecule has 0 aliphatic carbocycles. The Kier molecular flexibility index (Phi) is 6.39. The second-order valence-electron chi connectivity index (χ2n) is 7.34. The molecule has 0 saturated carbocycles. The number of halogens is 1. The molecule has 1 N–H and O–H groups in total. The molecule has 0 radical (unpaired) electrons. The number of hydrogen-bond donors (Lipinski definition) is 1. The van der Waals surface area contributed by atoms with Crippen LogP contribution in [0.4, 0.5) is 4.39 Å². The van der Waals surface area contributed by atoms with E-state index in [0.29, 0.717) is 17.7 Å². The Morgan fingerprint density at radius 3 is 2.48 bits per heavy atom. The highest BCUT2D eigenvalue weighted by molar-refractivity contribution is 7.97. The number of fused-ring (bicyclic) bond motifs is 1. The van der Waals surface area contributed by atoms with Crippen molar-refractivity contribution in [3.8, 4) is 0 Å². The lowest BCUT2D eigenvalue weighted by molar-refractivity contribution is 0.0664. The molecule has 0 saturated heterocycles. The summed E-state index contributed by atoms with van der Waals surface area (Å²) in [5.74, 6) is -1.34. The van der Waals surface area contributed by atoms with Crippen LogP contribution in [0, 0.1) is 12.7 Å². The van der Waals surface area contributed by atoms with E-state index in [0.717, 1.165) is 28.8 Å². The fourth-order valence-corrected chi connectivity index (χ4v) is 4.45. The average Bonchev–Trinajstić information content (AvgIpc) is 3.11. The van der Waals surface area contributed by atoms with Crippen LogP contribution in [0.15, 0.2) is 82.1 Å². The van der Waals surface area contributed by atoms with Crippen molar-refractivity contribution in [1.29, 1.82) is 0 Å². The number of aryl methyl sites for hydroxylation is 1. The number of furan rings is 1. The largest absolute Gasteiger partial charge is 0.475 e. The van der Waals surface area contributed by atoms with Gasteiger partial charge in [0.15, 0.2) is 0 Å². The summed E-state index contributed by atoms with van der Waals surface area (Å²) in [4.78, 5) is 12.4. The summed E-state index contributed by atoms with van der Waals surface area (Å²) in [6, 6.07) is 22.5. The summed E-state index contributed by atoms with van der Waals surface area (Å²) in [6.07, 6.45) is 0.880.